The first-order chi connectivity index (χ1) is 12.0. The Bertz CT molecular complexity index is 948. The largest absolute Gasteiger partial charge is 0.324 e. The third kappa shape index (κ3) is 4.82. The molecule has 2 rings (SSSR count). The molecule has 1 atom stereocenters. The van der Waals surface area contributed by atoms with E-state index < -0.39 is 22.0 Å². The molecule has 140 valence electrons. The summed E-state index contributed by atoms with van der Waals surface area (Å²) in [4.78, 5) is 12.7. The maximum atomic E-state index is 12.7. The summed E-state index contributed by atoms with van der Waals surface area (Å²) in [6.45, 7) is 3.27. The number of hydrogen-bond donors (Lipinski definition) is 1. The Kier molecular flexibility index (Phi) is 6.45. The molecule has 2 aromatic carbocycles. The van der Waals surface area contributed by atoms with E-state index in [1.807, 2.05) is 0 Å². The number of carbonyl (C=O) groups is 1. The number of anilines is 2. The van der Waals surface area contributed by atoms with Crippen LogP contribution in [0, 0.1) is 6.92 Å². The number of amides is 1. The molecule has 0 bridgehead atoms. The van der Waals surface area contributed by atoms with Gasteiger partial charge in [-0.25, -0.2) is 8.42 Å². The average molecular weight is 436 g/mol. The molecule has 0 aliphatic rings. The zero-order valence-electron chi connectivity index (χ0n) is 14.3. The summed E-state index contributed by atoms with van der Waals surface area (Å²) in [6, 6.07) is 8.39. The van der Waals surface area contributed by atoms with Gasteiger partial charge in [-0.1, -0.05) is 40.9 Å². The molecule has 0 spiro atoms. The van der Waals surface area contributed by atoms with E-state index in [4.69, 9.17) is 34.8 Å². The highest BCUT2D eigenvalue weighted by Gasteiger charge is 2.31. The number of aryl methyl sites for hydroxylation is 1. The van der Waals surface area contributed by atoms with Crippen molar-refractivity contribution in [2.24, 2.45) is 0 Å². The van der Waals surface area contributed by atoms with E-state index in [1.165, 1.54) is 25.1 Å². The van der Waals surface area contributed by atoms with Gasteiger partial charge in [0.2, 0.25) is 15.9 Å². The van der Waals surface area contributed by atoms with Gasteiger partial charge in [-0.05, 0) is 49.7 Å². The predicted octanol–water partition coefficient (Wildman–Crippen LogP) is 4.75. The molecule has 1 amide bonds. The Balaban J connectivity index is 2.41. The van der Waals surface area contributed by atoms with Crippen LogP contribution in [0.3, 0.4) is 0 Å². The highest BCUT2D eigenvalue weighted by molar-refractivity contribution is 7.92. The topological polar surface area (TPSA) is 66.5 Å². The minimum Gasteiger partial charge on any atom is -0.324 e. The van der Waals surface area contributed by atoms with Crippen molar-refractivity contribution in [2.45, 2.75) is 19.9 Å². The number of carbonyl (C=O) groups excluding carboxylic acids is 1. The molecule has 0 heterocycles. The third-order valence-corrected chi connectivity index (χ3v) is 5.71. The van der Waals surface area contributed by atoms with E-state index in [1.54, 1.807) is 25.1 Å². The number of sulfonamides is 1. The van der Waals surface area contributed by atoms with Crippen LogP contribution in [0.1, 0.15) is 12.5 Å². The predicted molar refractivity (Wildman–Crippen MR) is 108 cm³/mol. The van der Waals surface area contributed by atoms with Gasteiger partial charge >= 0.3 is 0 Å². The van der Waals surface area contributed by atoms with Crippen molar-refractivity contribution in [3.05, 3.63) is 57.0 Å². The highest BCUT2D eigenvalue weighted by Crippen LogP contribution is 2.32. The molecule has 9 heteroatoms. The fourth-order valence-corrected chi connectivity index (χ4v) is 4.18. The van der Waals surface area contributed by atoms with E-state index in [0.29, 0.717) is 15.7 Å². The van der Waals surface area contributed by atoms with Gasteiger partial charge in [0.15, 0.2) is 0 Å². The number of nitrogens with one attached hydrogen (secondary N) is 1. The van der Waals surface area contributed by atoms with Crippen LogP contribution in [-0.4, -0.2) is 26.6 Å². The monoisotopic (exact) mass is 434 g/mol. The summed E-state index contributed by atoms with van der Waals surface area (Å²) in [7, 11) is -3.81. The molecule has 2 aromatic rings. The zero-order chi connectivity index (χ0) is 19.6. The van der Waals surface area contributed by atoms with Crippen molar-refractivity contribution in [3.8, 4) is 0 Å². The lowest BCUT2D eigenvalue weighted by molar-refractivity contribution is -0.116. The summed E-state index contributed by atoms with van der Waals surface area (Å²) in [5, 5.41) is 3.62. The summed E-state index contributed by atoms with van der Waals surface area (Å²) >= 11 is 18.1. The maximum Gasteiger partial charge on any atom is 0.248 e. The SMILES string of the molecule is Cc1ccc(Cl)cc1NC(=O)C(C)N(c1cc(Cl)ccc1Cl)S(C)(=O)=O. The fraction of sp³-hybridized carbons (Fsp3) is 0.235. The van der Waals surface area contributed by atoms with Crippen LogP contribution in [0.25, 0.3) is 0 Å². The molecule has 26 heavy (non-hydrogen) atoms. The van der Waals surface area contributed by atoms with Gasteiger partial charge in [0.25, 0.3) is 0 Å². The Morgan fingerprint density at radius 2 is 1.65 bits per heavy atom. The first-order valence-electron chi connectivity index (χ1n) is 7.52. The minimum absolute atomic E-state index is 0.132. The molecule has 0 saturated carbocycles. The summed E-state index contributed by atoms with van der Waals surface area (Å²) in [5.74, 6) is -0.531. The Morgan fingerprint density at radius 3 is 2.27 bits per heavy atom. The highest BCUT2D eigenvalue weighted by atomic mass is 35.5. The van der Waals surface area contributed by atoms with Crippen LogP contribution in [0.2, 0.25) is 15.1 Å². The molecule has 1 N–H and O–H groups in total. The lowest BCUT2D eigenvalue weighted by atomic mass is 10.2. The van der Waals surface area contributed by atoms with Crippen LogP contribution in [0.15, 0.2) is 36.4 Å². The molecule has 0 aliphatic carbocycles. The number of halogens is 3. The van der Waals surface area contributed by atoms with Crippen molar-refractivity contribution >= 4 is 62.1 Å². The van der Waals surface area contributed by atoms with Crippen LogP contribution in [0.5, 0.6) is 0 Å². The number of nitrogens with zero attached hydrogens (tertiary/aromatic N) is 1. The van der Waals surface area contributed by atoms with Crippen molar-refractivity contribution in [2.75, 3.05) is 15.9 Å². The second-order valence-electron chi connectivity index (χ2n) is 5.78. The molecular formula is C17H17Cl3N2O3S. The summed E-state index contributed by atoms with van der Waals surface area (Å²) in [6.07, 6.45) is 0.999. The number of benzene rings is 2. The second kappa shape index (κ2) is 8.05. The van der Waals surface area contributed by atoms with Crippen LogP contribution in [-0.2, 0) is 14.8 Å². The lowest BCUT2D eigenvalue weighted by Crippen LogP contribution is -2.45. The molecule has 5 nitrogen and oxygen atoms in total. The van der Waals surface area contributed by atoms with Crippen molar-refractivity contribution in [3.63, 3.8) is 0 Å². The Morgan fingerprint density at radius 1 is 1.08 bits per heavy atom. The van der Waals surface area contributed by atoms with E-state index in [2.05, 4.69) is 5.32 Å². The Hall–Kier alpha value is -1.47. The molecule has 0 saturated heterocycles. The fourth-order valence-electron chi connectivity index (χ4n) is 2.40. The van der Waals surface area contributed by atoms with E-state index >= 15 is 0 Å². The van der Waals surface area contributed by atoms with Gasteiger partial charge in [-0.15, -0.1) is 0 Å². The van der Waals surface area contributed by atoms with Gasteiger partial charge in [-0.3, -0.25) is 9.10 Å². The van der Waals surface area contributed by atoms with E-state index in [-0.39, 0.29) is 10.7 Å². The number of rotatable bonds is 5. The molecule has 1 unspecified atom stereocenters. The van der Waals surface area contributed by atoms with Gasteiger partial charge in [-0.2, -0.15) is 0 Å². The van der Waals surface area contributed by atoms with Crippen LogP contribution in [0.4, 0.5) is 11.4 Å². The summed E-state index contributed by atoms with van der Waals surface area (Å²) < 4.78 is 25.6. The molecule has 0 radical (unpaired) electrons. The van der Waals surface area contributed by atoms with Crippen LogP contribution < -0.4 is 9.62 Å². The normalized spacial score (nSPS) is 12.5. The third-order valence-electron chi connectivity index (χ3n) is 3.69. The van der Waals surface area contributed by atoms with E-state index in [9.17, 15) is 13.2 Å². The van der Waals surface area contributed by atoms with Crippen molar-refractivity contribution in [1.29, 1.82) is 0 Å². The maximum absolute atomic E-state index is 12.7. The van der Waals surface area contributed by atoms with Gasteiger partial charge in [0.1, 0.15) is 6.04 Å². The van der Waals surface area contributed by atoms with E-state index in [0.717, 1.165) is 16.1 Å². The van der Waals surface area contributed by atoms with Crippen molar-refractivity contribution < 1.29 is 13.2 Å². The number of hydrogen-bond acceptors (Lipinski definition) is 3. The molecular weight excluding hydrogens is 419 g/mol. The Labute approximate surface area is 167 Å². The van der Waals surface area contributed by atoms with Crippen LogP contribution >= 0.6 is 34.8 Å². The molecule has 0 aliphatic heterocycles. The smallest absolute Gasteiger partial charge is 0.248 e. The van der Waals surface area contributed by atoms with Crippen molar-refractivity contribution in [1.82, 2.24) is 0 Å². The quantitative estimate of drug-likeness (QED) is 0.737. The standard InChI is InChI=1S/C17H17Cl3N2O3S/c1-10-4-5-12(18)8-15(10)21-17(23)11(2)22(26(3,24)25)16-9-13(19)6-7-14(16)20/h4-9,11H,1-3H3,(H,21,23). The molecule has 0 fully saturated rings. The molecule has 0 aromatic heterocycles. The second-order valence-corrected chi connectivity index (χ2v) is 8.92. The van der Waals surface area contributed by atoms with Gasteiger partial charge < -0.3 is 5.32 Å². The summed E-state index contributed by atoms with van der Waals surface area (Å²) in [5.41, 5.74) is 1.42. The average Bonchev–Trinajstić information content (AvgIpc) is 2.53. The van der Waals surface area contributed by atoms with Gasteiger partial charge in [0.05, 0.1) is 17.0 Å². The zero-order valence-corrected chi connectivity index (χ0v) is 17.3. The first-order valence-corrected chi connectivity index (χ1v) is 10.5. The minimum atomic E-state index is -3.81. The van der Waals surface area contributed by atoms with Gasteiger partial charge in [0, 0.05) is 15.7 Å². The lowest BCUT2D eigenvalue weighted by Gasteiger charge is -2.29. The first kappa shape index (κ1) is 20.8.